The van der Waals surface area contributed by atoms with Crippen LogP contribution in [0.5, 0.6) is 11.5 Å². The molecule has 4 amide bonds. The van der Waals surface area contributed by atoms with Crippen molar-refractivity contribution >= 4 is 69.1 Å². The van der Waals surface area contributed by atoms with Crippen LogP contribution in [0.15, 0.2) is 47.4 Å². The third kappa shape index (κ3) is 6.19. The van der Waals surface area contributed by atoms with Gasteiger partial charge in [0.25, 0.3) is 17.1 Å². The number of nitrogens with one attached hydrogen (secondary N) is 1. The molecule has 0 aromatic heterocycles. The van der Waals surface area contributed by atoms with Crippen molar-refractivity contribution in [1.82, 2.24) is 9.80 Å². The topological polar surface area (TPSA) is 105 Å². The lowest BCUT2D eigenvalue weighted by atomic mass is 10.2. The maximum absolute atomic E-state index is 12.8. The summed E-state index contributed by atoms with van der Waals surface area (Å²) in [5, 5.41) is 2.28. The smallest absolute Gasteiger partial charge is 0.294 e. The molecule has 0 radical (unpaired) electrons. The zero-order chi connectivity index (χ0) is 25.7. The number of ether oxygens (including phenoxy) is 2. The molecular weight excluding hydrogens is 597 g/mol. The van der Waals surface area contributed by atoms with Crippen LogP contribution in [-0.2, 0) is 14.4 Å². The molecule has 188 valence electrons. The van der Waals surface area contributed by atoms with Gasteiger partial charge in [-0.15, -0.1) is 0 Å². The van der Waals surface area contributed by atoms with Gasteiger partial charge in [-0.3, -0.25) is 24.1 Å². The summed E-state index contributed by atoms with van der Waals surface area (Å²) in [6, 6.07) is 12.5. The van der Waals surface area contributed by atoms with Gasteiger partial charge in [-0.2, -0.15) is 0 Å². The van der Waals surface area contributed by atoms with E-state index in [4.69, 9.17) is 9.47 Å². The van der Waals surface area contributed by atoms with Crippen LogP contribution in [-0.4, -0.2) is 66.1 Å². The van der Waals surface area contributed by atoms with Gasteiger partial charge in [0.05, 0.1) is 15.6 Å². The summed E-state index contributed by atoms with van der Waals surface area (Å²) in [6.45, 7) is 0.849. The zero-order valence-corrected chi connectivity index (χ0v) is 22.5. The van der Waals surface area contributed by atoms with Gasteiger partial charge in [0, 0.05) is 18.8 Å². The van der Waals surface area contributed by atoms with Crippen molar-refractivity contribution in [3.8, 4) is 11.5 Å². The molecule has 0 saturated carbocycles. The summed E-state index contributed by atoms with van der Waals surface area (Å²) in [7, 11) is 1.48. The van der Waals surface area contributed by atoms with E-state index < -0.39 is 11.1 Å². The van der Waals surface area contributed by atoms with Crippen molar-refractivity contribution in [3.05, 3.63) is 56.5 Å². The van der Waals surface area contributed by atoms with E-state index in [1.165, 1.54) is 7.11 Å². The zero-order valence-electron chi connectivity index (χ0n) is 19.5. The first-order chi connectivity index (χ1) is 17.4. The number of methoxy groups -OCH3 is 1. The maximum atomic E-state index is 12.8. The van der Waals surface area contributed by atoms with E-state index in [9.17, 15) is 19.2 Å². The molecule has 2 saturated heterocycles. The van der Waals surface area contributed by atoms with Crippen LogP contribution >= 0.6 is 34.4 Å². The van der Waals surface area contributed by atoms with Crippen LogP contribution in [0.3, 0.4) is 0 Å². The highest BCUT2D eigenvalue weighted by Gasteiger charge is 2.37. The van der Waals surface area contributed by atoms with E-state index in [2.05, 4.69) is 27.9 Å². The molecule has 4 rings (SSSR count). The SMILES string of the molecule is COc1cc(/C=C2\SC(=O)N(CC(=O)N3CCCC3)C2=O)cc(I)c1OCC(=O)Nc1ccccc1. The number of rotatable bonds is 8. The Morgan fingerprint density at radius 2 is 1.86 bits per heavy atom. The Labute approximate surface area is 226 Å². The third-order valence-corrected chi connectivity index (χ3v) is 7.29. The molecule has 2 aliphatic rings. The number of hydrogen-bond donors (Lipinski definition) is 1. The van der Waals surface area contributed by atoms with Crippen molar-refractivity contribution in [1.29, 1.82) is 0 Å². The first-order valence-electron chi connectivity index (χ1n) is 11.2. The number of benzene rings is 2. The highest BCUT2D eigenvalue weighted by atomic mass is 127. The standard InChI is InChI=1S/C25H24IN3O6S/c1-34-19-12-16(11-18(26)23(19)35-15-21(30)27-17-7-3-2-4-8-17)13-20-24(32)29(25(33)36-20)14-22(31)28-9-5-6-10-28/h2-4,7-8,11-13H,5-6,9-10,14-15H2,1H3,(H,27,30)/b20-13-. The Balaban J connectivity index is 1.44. The van der Waals surface area contributed by atoms with Crippen LogP contribution in [0.25, 0.3) is 6.08 Å². The summed E-state index contributed by atoms with van der Waals surface area (Å²) in [6.07, 6.45) is 3.46. The number of imide groups is 1. The largest absolute Gasteiger partial charge is 0.493 e. The van der Waals surface area contributed by atoms with Gasteiger partial charge in [0.1, 0.15) is 6.54 Å². The Kier molecular flexibility index (Phi) is 8.52. The number of thioether (sulfide) groups is 1. The number of halogens is 1. The summed E-state index contributed by atoms with van der Waals surface area (Å²) in [4.78, 5) is 52.9. The van der Waals surface area contributed by atoms with Crippen LogP contribution in [0, 0.1) is 3.57 Å². The quantitative estimate of drug-likeness (QED) is 0.352. The summed E-state index contributed by atoms with van der Waals surface area (Å²) in [5.41, 5.74) is 1.29. The van der Waals surface area contributed by atoms with Crippen molar-refractivity contribution < 1.29 is 28.7 Å². The minimum Gasteiger partial charge on any atom is -0.493 e. The summed E-state index contributed by atoms with van der Waals surface area (Å²) >= 11 is 2.86. The molecule has 1 N–H and O–H groups in total. The normalized spacial score (nSPS) is 16.6. The first-order valence-corrected chi connectivity index (χ1v) is 13.1. The van der Waals surface area contributed by atoms with Gasteiger partial charge in [0.2, 0.25) is 5.91 Å². The monoisotopic (exact) mass is 621 g/mol. The number of carbonyl (C=O) groups is 4. The molecule has 0 atom stereocenters. The van der Waals surface area contributed by atoms with E-state index >= 15 is 0 Å². The molecule has 2 aromatic carbocycles. The molecule has 2 fully saturated rings. The van der Waals surface area contributed by atoms with Gasteiger partial charge in [-0.25, -0.2) is 0 Å². The molecule has 36 heavy (non-hydrogen) atoms. The molecular formula is C25H24IN3O6S. The van der Waals surface area contributed by atoms with Crippen molar-refractivity contribution in [2.75, 3.05) is 38.7 Å². The van der Waals surface area contributed by atoms with E-state index in [0.717, 1.165) is 29.5 Å². The molecule has 0 unspecified atom stereocenters. The average Bonchev–Trinajstić information content (AvgIpc) is 3.49. The van der Waals surface area contributed by atoms with E-state index in [0.29, 0.717) is 39.4 Å². The number of likely N-dealkylation sites (tertiary alicyclic amines) is 1. The first kappa shape index (κ1) is 26.0. The molecule has 0 aliphatic carbocycles. The van der Waals surface area contributed by atoms with Crippen LogP contribution < -0.4 is 14.8 Å². The fraction of sp³-hybridized carbons (Fsp3) is 0.280. The van der Waals surface area contributed by atoms with Gasteiger partial charge in [-0.1, -0.05) is 18.2 Å². The molecule has 0 bridgehead atoms. The Morgan fingerprint density at radius 1 is 1.14 bits per heavy atom. The van der Waals surface area contributed by atoms with Gasteiger partial charge in [0.15, 0.2) is 18.1 Å². The predicted octanol–water partition coefficient (Wildman–Crippen LogP) is 3.98. The van der Waals surface area contributed by atoms with Crippen LogP contribution in [0.4, 0.5) is 10.5 Å². The van der Waals surface area contributed by atoms with Crippen molar-refractivity contribution in [2.45, 2.75) is 12.8 Å². The lowest BCUT2D eigenvalue weighted by molar-refractivity contribution is -0.135. The molecule has 2 aromatic rings. The fourth-order valence-corrected chi connectivity index (χ4v) is 5.43. The number of nitrogens with zero attached hydrogens (tertiary/aromatic N) is 2. The second-order valence-corrected chi connectivity index (χ2v) is 10.2. The highest BCUT2D eigenvalue weighted by molar-refractivity contribution is 14.1. The van der Waals surface area contributed by atoms with E-state index in [1.807, 2.05) is 18.2 Å². The number of carbonyl (C=O) groups excluding carboxylic acids is 4. The fourth-order valence-electron chi connectivity index (χ4n) is 3.81. The lowest BCUT2D eigenvalue weighted by Crippen LogP contribution is -2.40. The number of anilines is 1. The minimum atomic E-state index is -0.496. The molecule has 9 nitrogen and oxygen atoms in total. The molecule has 11 heteroatoms. The van der Waals surface area contributed by atoms with Gasteiger partial charge >= 0.3 is 0 Å². The lowest BCUT2D eigenvalue weighted by Gasteiger charge is -2.18. The van der Waals surface area contributed by atoms with Crippen LogP contribution in [0.2, 0.25) is 0 Å². The van der Waals surface area contributed by atoms with Gasteiger partial charge in [-0.05, 0) is 83.1 Å². The number of para-hydroxylation sites is 1. The molecule has 0 spiro atoms. The van der Waals surface area contributed by atoms with Crippen molar-refractivity contribution in [3.63, 3.8) is 0 Å². The van der Waals surface area contributed by atoms with E-state index in [1.54, 1.807) is 35.2 Å². The van der Waals surface area contributed by atoms with Crippen LogP contribution in [0.1, 0.15) is 18.4 Å². The summed E-state index contributed by atoms with van der Waals surface area (Å²) in [5.74, 6) is -0.262. The number of amides is 4. The minimum absolute atomic E-state index is 0.218. The van der Waals surface area contributed by atoms with E-state index in [-0.39, 0.29) is 29.9 Å². The van der Waals surface area contributed by atoms with Gasteiger partial charge < -0.3 is 19.7 Å². The Hall–Kier alpha value is -3.06. The second kappa shape index (κ2) is 11.8. The second-order valence-electron chi connectivity index (χ2n) is 8.09. The molecule has 2 aliphatic heterocycles. The summed E-state index contributed by atoms with van der Waals surface area (Å²) < 4.78 is 11.8. The molecule has 2 heterocycles. The predicted molar refractivity (Wildman–Crippen MR) is 145 cm³/mol. The third-order valence-electron chi connectivity index (χ3n) is 5.58. The average molecular weight is 621 g/mol. The highest BCUT2D eigenvalue weighted by Crippen LogP contribution is 2.37. The Morgan fingerprint density at radius 3 is 2.56 bits per heavy atom. The number of hydrogen-bond acceptors (Lipinski definition) is 7. The maximum Gasteiger partial charge on any atom is 0.294 e. The Bertz CT molecular complexity index is 1210. The van der Waals surface area contributed by atoms with Crippen molar-refractivity contribution in [2.24, 2.45) is 0 Å².